The van der Waals surface area contributed by atoms with Crippen LogP contribution < -0.4 is 10.2 Å². The number of anilines is 2. The minimum absolute atomic E-state index is 0.0915. The van der Waals surface area contributed by atoms with Crippen LogP contribution in [0, 0.1) is 5.82 Å². The monoisotopic (exact) mass is 312 g/mol. The van der Waals surface area contributed by atoms with Crippen LogP contribution >= 0.6 is 0 Å². The summed E-state index contributed by atoms with van der Waals surface area (Å²) in [5.74, 6) is -1.00. The van der Waals surface area contributed by atoms with Gasteiger partial charge in [-0.05, 0) is 42.3 Å². The Morgan fingerprint density at radius 1 is 1.13 bits per heavy atom. The number of imide groups is 1. The highest BCUT2D eigenvalue weighted by Gasteiger charge is 2.39. The second-order valence-corrected chi connectivity index (χ2v) is 5.46. The van der Waals surface area contributed by atoms with Gasteiger partial charge in [0.2, 0.25) is 5.91 Å². The summed E-state index contributed by atoms with van der Waals surface area (Å²) >= 11 is 0. The van der Waals surface area contributed by atoms with Gasteiger partial charge in [-0.15, -0.1) is 0 Å². The molecule has 3 rings (SSSR count). The molecule has 1 aliphatic rings. The van der Waals surface area contributed by atoms with E-state index in [0.29, 0.717) is 5.69 Å². The Hall–Kier alpha value is -2.69. The lowest BCUT2D eigenvalue weighted by Gasteiger charge is -2.17. The van der Waals surface area contributed by atoms with Crippen LogP contribution in [0.4, 0.5) is 15.8 Å². The molecular formula is C18H17FN2O2. The lowest BCUT2D eigenvalue weighted by Crippen LogP contribution is -2.35. The van der Waals surface area contributed by atoms with Gasteiger partial charge in [-0.2, -0.15) is 0 Å². The van der Waals surface area contributed by atoms with Crippen molar-refractivity contribution in [3.8, 4) is 0 Å². The van der Waals surface area contributed by atoms with E-state index in [1.807, 2.05) is 31.2 Å². The molecule has 0 spiro atoms. The molecule has 2 aromatic rings. The fraction of sp³-hybridized carbons (Fsp3) is 0.222. The molecule has 1 saturated heterocycles. The maximum absolute atomic E-state index is 13.0. The second kappa shape index (κ2) is 6.20. The number of hydrogen-bond donors (Lipinski definition) is 1. The van der Waals surface area contributed by atoms with E-state index in [1.165, 1.54) is 24.3 Å². The molecule has 0 saturated carbocycles. The first-order valence-electron chi connectivity index (χ1n) is 7.57. The summed E-state index contributed by atoms with van der Waals surface area (Å²) < 4.78 is 13.0. The Labute approximate surface area is 133 Å². The molecule has 1 atom stereocenters. The van der Waals surface area contributed by atoms with Gasteiger partial charge in [0.1, 0.15) is 11.9 Å². The SMILES string of the molecule is CCc1ccccc1N[C@H]1CC(=O)N(c2ccc(F)cc2)C1=O. The first-order chi connectivity index (χ1) is 11.1. The van der Waals surface area contributed by atoms with Crippen LogP contribution in [0.1, 0.15) is 18.9 Å². The average molecular weight is 312 g/mol. The molecule has 2 aromatic carbocycles. The lowest BCUT2D eigenvalue weighted by atomic mass is 10.1. The van der Waals surface area contributed by atoms with Gasteiger partial charge in [0, 0.05) is 5.69 Å². The largest absolute Gasteiger partial charge is 0.373 e. The van der Waals surface area contributed by atoms with E-state index < -0.39 is 11.9 Å². The van der Waals surface area contributed by atoms with Gasteiger partial charge in [0.15, 0.2) is 0 Å². The normalized spacial score (nSPS) is 17.7. The van der Waals surface area contributed by atoms with Crippen molar-refractivity contribution < 1.29 is 14.0 Å². The minimum atomic E-state index is -0.597. The number of halogens is 1. The Bertz CT molecular complexity index is 743. The summed E-state index contributed by atoms with van der Waals surface area (Å²) in [6, 6.07) is 12.5. The van der Waals surface area contributed by atoms with Gasteiger partial charge in [0.05, 0.1) is 12.1 Å². The highest BCUT2D eigenvalue weighted by Crippen LogP contribution is 2.26. The van der Waals surface area contributed by atoms with Crippen molar-refractivity contribution in [2.24, 2.45) is 0 Å². The zero-order valence-corrected chi connectivity index (χ0v) is 12.8. The number of nitrogens with zero attached hydrogens (tertiary/aromatic N) is 1. The molecule has 0 radical (unpaired) electrons. The van der Waals surface area contributed by atoms with E-state index in [4.69, 9.17) is 0 Å². The number of carbonyl (C=O) groups excluding carboxylic acids is 2. The Morgan fingerprint density at radius 3 is 2.52 bits per heavy atom. The minimum Gasteiger partial charge on any atom is -0.373 e. The highest BCUT2D eigenvalue weighted by molar-refractivity contribution is 6.23. The van der Waals surface area contributed by atoms with Gasteiger partial charge in [-0.1, -0.05) is 25.1 Å². The molecular weight excluding hydrogens is 295 g/mol. The summed E-state index contributed by atoms with van der Waals surface area (Å²) in [5.41, 5.74) is 2.35. The van der Waals surface area contributed by atoms with Crippen LogP contribution in [0.2, 0.25) is 0 Å². The summed E-state index contributed by atoms with van der Waals surface area (Å²) in [6.07, 6.45) is 0.925. The summed E-state index contributed by atoms with van der Waals surface area (Å²) in [6.45, 7) is 2.03. The van der Waals surface area contributed by atoms with Crippen LogP contribution in [0.25, 0.3) is 0 Å². The van der Waals surface area contributed by atoms with E-state index in [0.717, 1.165) is 22.6 Å². The number of aryl methyl sites for hydroxylation is 1. The Balaban J connectivity index is 1.82. The molecule has 0 aromatic heterocycles. The summed E-state index contributed by atoms with van der Waals surface area (Å²) in [4.78, 5) is 25.9. The standard InChI is InChI=1S/C18H17FN2O2/c1-2-12-5-3-4-6-15(12)20-16-11-17(22)21(18(16)23)14-9-7-13(19)8-10-14/h3-10,16,20H,2,11H2,1H3/t16-/m0/s1. The highest BCUT2D eigenvalue weighted by atomic mass is 19.1. The average Bonchev–Trinajstić information content (AvgIpc) is 2.83. The molecule has 1 fully saturated rings. The molecule has 4 nitrogen and oxygen atoms in total. The topological polar surface area (TPSA) is 49.4 Å². The van der Waals surface area contributed by atoms with Crippen LogP contribution in [0.5, 0.6) is 0 Å². The van der Waals surface area contributed by atoms with Crippen molar-refractivity contribution in [2.75, 3.05) is 10.2 Å². The number of benzene rings is 2. The van der Waals surface area contributed by atoms with Gasteiger partial charge in [-0.3, -0.25) is 9.59 Å². The third-order valence-electron chi connectivity index (χ3n) is 3.96. The predicted octanol–water partition coefficient (Wildman–Crippen LogP) is 3.13. The predicted molar refractivity (Wildman–Crippen MR) is 86.7 cm³/mol. The van der Waals surface area contributed by atoms with Crippen molar-refractivity contribution in [3.63, 3.8) is 0 Å². The van der Waals surface area contributed by atoms with Gasteiger partial charge >= 0.3 is 0 Å². The molecule has 0 bridgehead atoms. The molecule has 1 heterocycles. The number of hydrogen-bond acceptors (Lipinski definition) is 3. The Morgan fingerprint density at radius 2 is 1.83 bits per heavy atom. The molecule has 1 aliphatic heterocycles. The number of nitrogens with one attached hydrogen (secondary N) is 1. The molecule has 0 unspecified atom stereocenters. The van der Waals surface area contributed by atoms with E-state index in [9.17, 15) is 14.0 Å². The van der Waals surface area contributed by atoms with Gasteiger partial charge < -0.3 is 5.32 Å². The van der Waals surface area contributed by atoms with E-state index in [-0.39, 0.29) is 18.2 Å². The second-order valence-electron chi connectivity index (χ2n) is 5.46. The zero-order chi connectivity index (χ0) is 16.4. The Kier molecular flexibility index (Phi) is 4.10. The van der Waals surface area contributed by atoms with Crippen LogP contribution in [0.3, 0.4) is 0 Å². The summed E-state index contributed by atoms with van der Waals surface area (Å²) in [7, 11) is 0. The number of carbonyl (C=O) groups is 2. The third-order valence-corrected chi connectivity index (χ3v) is 3.96. The van der Waals surface area contributed by atoms with Gasteiger partial charge in [0.25, 0.3) is 5.91 Å². The molecule has 5 heteroatoms. The maximum Gasteiger partial charge on any atom is 0.256 e. The first-order valence-corrected chi connectivity index (χ1v) is 7.57. The zero-order valence-electron chi connectivity index (χ0n) is 12.8. The van der Waals surface area contributed by atoms with E-state index in [2.05, 4.69) is 5.32 Å². The number of amides is 2. The van der Waals surface area contributed by atoms with Crippen LogP contribution in [-0.4, -0.2) is 17.9 Å². The van der Waals surface area contributed by atoms with Crippen molar-refractivity contribution >= 4 is 23.2 Å². The van der Waals surface area contributed by atoms with Crippen LogP contribution in [-0.2, 0) is 16.0 Å². The quantitative estimate of drug-likeness (QED) is 0.882. The number of para-hydroxylation sites is 1. The van der Waals surface area contributed by atoms with E-state index in [1.54, 1.807) is 0 Å². The first kappa shape index (κ1) is 15.2. The molecule has 23 heavy (non-hydrogen) atoms. The van der Waals surface area contributed by atoms with Gasteiger partial charge in [-0.25, -0.2) is 9.29 Å². The van der Waals surface area contributed by atoms with Crippen molar-refractivity contribution in [2.45, 2.75) is 25.8 Å². The molecule has 118 valence electrons. The smallest absolute Gasteiger partial charge is 0.256 e. The maximum atomic E-state index is 13.0. The van der Waals surface area contributed by atoms with E-state index >= 15 is 0 Å². The van der Waals surface area contributed by atoms with Crippen LogP contribution in [0.15, 0.2) is 48.5 Å². The lowest BCUT2D eigenvalue weighted by molar-refractivity contribution is -0.121. The van der Waals surface area contributed by atoms with Crippen molar-refractivity contribution in [3.05, 3.63) is 59.9 Å². The third kappa shape index (κ3) is 2.95. The fourth-order valence-electron chi connectivity index (χ4n) is 2.76. The molecule has 1 N–H and O–H groups in total. The summed E-state index contributed by atoms with van der Waals surface area (Å²) in [5, 5.41) is 3.17. The van der Waals surface area contributed by atoms with Crippen molar-refractivity contribution in [1.29, 1.82) is 0 Å². The molecule has 0 aliphatic carbocycles. The fourth-order valence-corrected chi connectivity index (χ4v) is 2.76. The van der Waals surface area contributed by atoms with Crippen molar-refractivity contribution in [1.82, 2.24) is 0 Å². The number of rotatable bonds is 4. The molecule has 2 amide bonds.